The Labute approximate surface area is 73.5 Å². The summed E-state index contributed by atoms with van der Waals surface area (Å²) in [5, 5.41) is 6.69. The minimum absolute atomic E-state index is 0.585. The van der Waals surface area contributed by atoms with Crippen LogP contribution >= 0.6 is 12.2 Å². The molecule has 0 fully saturated rings. The van der Waals surface area contributed by atoms with Crippen molar-refractivity contribution in [2.45, 2.75) is 0 Å². The summed E-state index contributed by atoms with van der Waals surface area (Å²) in [4.78, 5) is 7.00. The van der Waals surface area contributed by atoms with E-state index < -0.39 is 0 Å². The van der Waals surface area contributed by atoms with E-state index >= 15 is 0 Å². The maximum Gasteiger partial charge on any atom is 0.198 e. The molecule has 0 unspecified atom stereocenters. The lowest BCUT2D eigenvalue weighted by molar-refractivity contribution is 0.893. The highest BCUT2D eigenvalue weighted by Crippen LogP contribution is 2.08. The first-order chi connectivity index (χ1) is 5.79. The van der Waals surface area contributed by atoms with E-state index in [0.29, 0.717) is 16.4 Å². The van der Waals surface area contributed by atoms with Crippen LogP contribution < -0.4 is 0 Å². The van der Waals surface area contributed by atoms with Crippen molar-refractivity contribution in [2.24, 2.45) is 7.05 Å². The summed E-state index contributed by atoms with van der Waals surface area (Å²) in [6.45, 7) is 0. The molecule has 6 heteroatoms. The van der Waals surface area contributed by atoms with Gasteiger partial charge in [0, 0.05) is 19.4 Å². The molecule has 0 aliphatic carbocycles. The molecule has 0 amide bonds. The summed E-state index contributed by atoms with van der Waals surface area (Å²) >= 11 is 4.95. The molecule has 0 saturated heterocycles. The quantitative estimate of drug-likeness (QED) is 0.641. The van der Waals surface area contributed by atoms with Crippen molar-refractivity contribution in [1.82, 2.24) is 24.7 Å². The van der Waals surface area contributed by atoms with Crippen molar-refractivity contribution in [3.8, 4) is 11.6 Å². The van der Waals surface area contributed by atoms with Gasteiger partial charge in [-0.15, -0.1) is 0 Å². The van der Waals surface area contributed by atoms with Crippen molar-refractivity contribution in [3.63, 3.8) is 0 Å². The smallest absolute Gasteiger partial charge is 0.198 e. The lowest BCUT2D eigenvalue weighted by atomic mass is 10.6. The summed E-state index contributed by atoms with van der Waals surface area (Å²) in [6.07, 6.45) is 3.42. The summed E-state index contributed by atoms with van der Waals surface area (Å²) in [7, 11) is 1.84. The Hall–Kier alpha value is -1.43. The second-order valence-electron chi connectivity index (χ2n) is 2.35. The van der Waals surface area contributed by atoms with E-state index in [1.165, 1.54) is 0 Å². The molecule has 0 radical (unpaired) electrons. The predicted molar refractivity (Wildman–Crippen MR) is 46.0 cm³/mol. The zero-order chi connectivity index (χ0) is 8.55. The Bertz CT molecular complexity index is 423. The van der Waals surface area contributed by atoms with Gasteiger partial charge in [0.15, 0.2) is 16.4 Å². The molecular weight excluding hydrogens is 174 g/mol. The second kappa shape index (κ2) is 2.56. The third-order valence-electron chi connectivity index (χ3n) is 1.59. The number of aromatic nitrogens is 5. The van der Waals surface area contributed by atoms with Gasteiger partial charge in [-0.05, 0) is 12.2 Å². The molecule has 0 spiro atoms. The van der Waals surface area contributed by atoms with E-state index in [1.54, 1.807) is 17.0 Å². The van der Waals surface area contributed by atoms with E-state index in [1.807, 2.05) is 7.05 Å². The summed E-state index contributed by atoms with van der Waals surface area (Å²) in [6, 6.07) is 0. The molecular formula is C6H7N5S. The number of hydrogen-bond acceptors (Lipinski definition) is 3. The standard InChI is InChI=1S/C6H7N5S/c1-11-5(9-10-6(11)12)4-7-2-3-8-4/h2-3H,1H3,(H,7,8)(H,10,12). The molecule has 2 aromatic rings. The molecule has 2 aromatic heterocycles. The molecule has 0 bridgehead atoms. The zero-order valence-electron chi connectivity index (χ0n) is 6.40. The van der Waals surface area contributed by atoms with Crippen LogP contribution in [0.15, 0.2) is 12.4 Å². The fourth-order valence-electron chi connectivity index (χ4n) is 0.946. The molecule has 2 N–H and O–H groups in total. The maximum absolute atomic E-state index is 4.95. The van der Waals surface area contributed by atoms with Gasteiger partial charge in [-0.2, -0.15) is 5.10 Å². The van der Waals surface area contributed by atoms with Crippen molar-refractivity contribution in [1.29, 1.82) is 0 Å². The molecule has 2 heterocycles. The van der Waals surface area contributed by atoms with Gasteiger partial charge in [-0.1, -0.05) is 0 Å². The highest BCUT2D eigenvalue weighted by atomic mass is 32.1. The van der Waals surface area contributed by atoms with Gasteiger partial charge in [0.2, 0.25) is 0 Å². The van der Waals surface area contributed by atoms with Crippen molar-refractivity contribution < 1.29 is 0 Å². The second-order valence-corrected chi connectivity index (χ2v) is 2.74. The van der Waals surface area contributed by atoms with Crippen molar-refractivity contribution >= 4 is 12.2 Å². The van der Waals surface area contributed by atoms with E-state index in [0.717, 1.165) is 0 Å². The number of aromatic amines is 2. The van der Waals surface area contributed by atoms with Crippen LogP contribution in [0.25, 0.3) is 11.6 Å². The molecule has 5 nitrogen and oxygen atoms in total. The Morgan fingerprint density at radius 1 is 1.58 bits per heavy atom. The average molecular weight is 181 g/mol. The highest BCUT2D eigenvalue weighted by molar-refractivity contribution is 7.71. The molecule has 0 atom stereocenters. The zero-order valence-corrected chi connectivity index (χ0v) is 7.22. The number of rotatable bonds is 1. The molecule has 0 aliphatic rings. The first-order valence-electron chi connectivity index (χ1n) is 3.40. The van der Waals surface area contributed by atoms with Gasteiger partial charge in [0.05, 0.1) is 0 Å². The van der Waals surface area contributed by atoms with Gasteiger partial charge in [0.1, 0.15) is 0 Å². The van der Waals surface area contributed by atoms with Crippen LogP contribution in [-0.4, -0.2) is 24.7 Å². The van der Waals surface area contributed by atoms with Gasteiger partial charge in [-0.25, -0.2) is 4.98 Å². The van der Waals surface area contributed by atoms with Crippen LogP contribution in [0.4, 0.5) is 0 Å². The Balaban J connectivity index is 2.62. The number of imidazole rings is 1. The van der Waals surface area contributed by atoms with Gasteiger partial charge < -0.3 is 9.55 Å². The normalized spacial score (nSPS) is 10.4. The Morgan fingerprint density at radius 2 is 2.42 bits per heavy atom. The average Bonchev–Trinajstić information content (AvgIpc) is 2.64. The van der Waals surface area contributed by atoms with Crippen LogP contribution in [0.3, 0.4) is 0 Å². The highest BCUT2D eigenvalue weighted by Gasteiger charge is 2.05. The number of nitrogens with zero attached hydrogens (tertiary/aromatic N) is 3. The van der Waals surface area contributed by atoms with E-state index in [4.69, 9.17) is 12.2 Å². The van der Waals surface area contributed by atoms with Crippen LogP contribution in [-0.2, 0) is 7.05 Å². The minimum atomic E-state index is 0.585. The number of nitrogens with one attached hydrogen (secondary N) is 2. The van der Waals surface area contributed by atoms with Crippen molar-refractivity contribution in [2.75, 3.05) is 0 Å². The first-order valence-corrected chi connectivity index (χ1v) is 3.81. The van der Waals surface area contributed by atoms with Crippen molar-refractivity contribution in [3.05, 3.63) is 17.2 Å². The lowest BCUT2D eigenvalue weighted by Crippen LogP contribution is -1.93. The number of H-pyrrole nitrogens is 2. The van der Waals surface area contributed by atoms with Crippen LogP contribution in [0.5, 0.6) is 0 Å². The third-order valence-corrected chi connectivity index (χ3v) is 1.95. The summed E-state index contributed by atoms with van der Waals surface area (Å²) < 4.78 is 2.34. The third kappa shape index (κ3) is 0.964. The maximum atomic E-state index is 4.95. The van der Waals surface area contributed by atoms with Gasteiger partial charge in [-0.3, -0.25) is 5.10 Å². The Kier molecular flexibility index (Phi) is 1.54. The molecule has 62 valence electrons. The topological polar surface area (TPSA) is 62.3 Å². The molecule has 0 saturated carbocycles. The van der Waals surface area contributed by atoms with E-state index in [-0.39, 0.29) is 0 Å². The predicted octanol–water partition coefficient (Wildman–Crippen LogP) is 0.868. The summed E-state index contributed by atoms with van der Waals surface area (Å²) in [5.41, 5.74) is 0. The van der Waals surface area contributed by atoms with Crippen LogP contribution in [0.2, 0.25) is 0 Å². The van der Waals surface area contributed by atoms with Crippen LogP contribution in [0.1, 0.15) is 0 Å². The molecule has 0 aromatic carbocycles. The molecule has 2 rings (SSSR count). The first kappa shape index (κ1) is 7.23. The van der Waals surface area contributed by atoms with Gasteiger partial charge >= 0.3 is 0 Å². The van der Waals surface area contributed by atoms with E-state index in [2.05, 4.69) is 20.2 Å². The van der Waals surface area contributed by atoms with Gasteiger partial charge in [0.25, 0.3) is 0 Å². The summed E-state index contributed by atoms with van der Waals surface area (Å²) in [5.74, 6) is 1.43. The minimum Gasteiger partial charge on any atom is -0.342 e. The SMILES string of the molecule is Cn1c(-c2ncc[nH]2)n[nH]c1=S. The van der Waals surface area contributed by atoms with E-state index in [9.17, 15) is 0 Å². The molecule has 0 aliphatic heterocycles. The lowest BCUT2D eigenvalue weighted by Gasteiger charge is -1.93. The molecule has 12 heavy (non-hydrogen) atoms. The fourth-order valence-corrected chi connectivity index (χ4v) is 1.08. The Morgan fingerprint density at radius 3 is 2.92 bits per heavy atom. The largest absolute Gasteiger partial charge is 0.342 e. The van der Waals surface area contributed by atoms with Crippen LogP contribution in [0, 0.1) is 4.77 Å². The fraction of sp³-hybridized carbons (Fsp3) is 0.167. The monoisotopic (exact) mass is 181 g/mol. The number of hydrogen-bond donors (Lipinski definition) is 2.